The number of hydrogen-bond donors (Lipinski definition) is 1. The van der Waals surface area contributed by atoms with Gasteiger partial charge in [0.2, 0.25) is 0 Å². The number of aryl methyl sites for hydroxylation is 1. The number of thiophene rings is 1. The Morgan fingerprint density at radius 3 is 2.92 bits per heavy atom. The lowest BCUT2D eigenvalue weighted by Crippen LogP contribution is -2.11. The normalized spacial score (nSPS) is 10.6. The van der Waals surface area contributed by atoms with Gasteiger partial charge in [0.15, 0.2) is 0 Å². The molecular formula is C16H13FN4O3S. The van der Waals surface area contributed by atoms with Gasteiger partial charge in [0, 0.05) is 0 Å². The lowest BCUT2D eigenvalue weighted by molar-refractivity contribution is -0.389. The second kappa shape index (κ2) is 6.81. The van der Waals surface area contributed by atoms with Gasteiger partial charge in [-0.3, -0.25) is 4.79 Å². The van der Waals surface area contributed by atoms with Crippen molar-refractivity contribution in [2.75, 3.05) is 5.32 Å². The van der Waals surface area contributed by atoms with Crippen LogP contribution < -0.4 is 5.32 Å². The molecule has 0 radical (unpaired) electrons. The fourth-order valence-electron chi connectivity index (χ4n) is 2.22. The predicted octanol–water partition coefficient (Wildman–Crippen LogP) is 3.60. The van der Waals surface area contributed by atoms with Crippen molar-refractivity contribution < 1.29 is 14.1 Å². The molecule has 0 aliphatic heterocycles. The molecule has 3 aromatic rings. The maximum Gasteiger partial charge on any atom is 0.389 e. The molecule has 0 spiro atoms. The third-order valence-electron chi connectivity index (χ3n) is 3.41. The fraction of sp³-hybridized carbons (Fsp3) is 0.125. The van der Waals surface area contributed by atoms with Gasteiger partial charge in [-0.05, 0) is 46.6 Å². The van der Waals surface area contributed by atoms with Crippen LogP contribution in [-0.4, -0.2) is 20.6 Å². The van der Waals surface area contributed by atoms with Gasteiger partial charge in [0.05, 0.1) is 34.5 Å². The minimum atomic E-state index is -0.570. The van der Waals surface area contributed by atoms with Crippen LogP contribution in [0.15, 0.2) is 41.9 Å². The molecule has 0 bridgehead atoms. The number of rotatable bonds is 5. The van der Waals surface area contributed by atoms with Gasteiger partial charge in [0.1, 0.15) is 5.82 Å². The highest BCUT2D eigenvalue weighted by Crippen LogP contribution is 2.20. The van der Waals surface area contributed by atoms with Crippen molar-refractivity contribution in [1.29, 1.82) is 0 Å². The largest absolute Gasteiger partial charge is 0.389 e. The summed E-state index contributed by atoms with van der Waals surface area (Å²) in [6.07, 6.45) is 1.50. The Bertz CT molecular complexity index is 951. The Kier molecular flexibility index (Phi) is 4.57. The molecule has 0 aliphatic carbocycles. The molecule has 0 aliphatic rings. The van der Waals surface area contributed by atoms with Gasteiger partial charge in [0.25, 0.3) is 5.91 Å². The van der Waals surface area contributed by atoms with Gasteiger partial charge in [-0.15, -0.1) is 11.3 Å². The summed E-state index contributed by atoms with van der Waals surface area (Å²) in [4.78, 5) is 22.7. The zero-order valence-electron chi connectivity index (χ0n) is 13.1. The maximum atomic E-state index is 13.7. The minimum absolute atomic E-state index is 0.127. The smallest absolute Gasteiger partial charge is 0.358 e. The molecule has 1 N–H and O–H groups in total. The number of amides is 1. The summed E-state index contributed by atoms with van der Waals surface area (Å²) >= 11 is 1.21. The van der Waals surface area contributed by atoms with Gasteiger partial charge < -0.3 is 15.4 Å². The maximum absolute atomic E-state index is 13.7. The standard InChI is InChI=1S/C16H13FN4O3S/c1-10-2-3-12(17)13(6-10)18-16(22)14-7-11(9-25-14)8-20-5-4-15(19-20)21(23)24/h2-7,9H,8H2,1H3,(H,18,22). The summed E-state index contributed by atoms with van der Waals surface area (Å²) in [6.45, 7) is 2.11. The van der Waals surface area contributed by atoms with E-state index in [2.05, 4.69) is 10.4 Å². The summed E-state index contributed by atoms with van der Waals surface area (Å²) in [5.41, 5.74) is 1.74. The van der Waals surface area contributed by atoms with Gasteiger partial charge in [-0.1, -0.05) is 6.07 Å². The van der Waals surface area contributed by atoms with Crippen molar-refractivity contribution in [3.63, 3.8) is 0 Å². The highest BCUT2D eigenvalue weighted by molar-refractivity contribution is 7.12. The zero-order valence-corrected chi connectivity index (χ0v) is 13.9. The van der Waals surface area contributed by atoms with Crippen LogP contribution >= 0.6 is 11.3 Å². The second-order valence-corrected chi connectivity index (χ2v) is 6.30. The number of benzene rings is 1. The van der Waals surface area contributed by atoms with Crippen molar-refractivity contribution in [2.45, 2.75) is 13.5 Å². The molecular weight excluding hydrogens is 347 g/mol. The van der Waals surface area contributed by atoms with E-state index in [1.165, 1.54) is 34.3 Å². The molecule has 0 fully saturated rings. The summed E-state index contributed by atoms with van der Waals surface area (Å²) in [6, 6.07) is 7.44. The highest BCUT2D eigenvalue weighted by atomic mass is 32.1. The summed E-state index contributed by atoms with van der Waals surface area (Å²) in [7, 11) is 0. The van der Waals surface area contributed by atoms with Crippen molar-refractivity contribution in [3.8, 4) is 0 Å². The van der Waals surface area contributed by atoms with Crippen LogP contribution in [0.1, 0.15) is 20.8 Å². The molecule has 1 amide bonds. The molecule has 1 aromatic carbocycles. The van der Waals surface area contributed by atoms with E-state index >= 15 is 0 Å². The molecule has 2 aromatic heterocycles. The third-order valence-corrected chi connectivity index (χ3v) is 4.38. The van der Waals surface area contributed by atoms with E-state index in [-0.39, 0.29) is 11.5 Å². The first-order chi connectivity index (χ1) is 11.9. The Morgan fingerprint density at radius 1 is 1.40 bits per heavy atom. The number of halogens is 1. The molecule has 9 heteroatoms. The van der Waals surface area contributed by atoms with E-state index in [0.717, 1.165) is 11.1 Å². The van der Waals surface area contributed by atoms with Crippen LogP contribution in [0.5, 0.6) is 0 Å². The number of aromatic nitrogens is 2. The number of carbonyl (C=O) groups excluding carboxylic acids is 1. The molecule has 7 nitrogen and oxygen atoms in total. The van der Waals surface area contributed by atoms with Gasteiger partial charge in [-0.25, -0.2) is 4.39 Å². The number of carbonyl (C=O) groups is 1. The molecule has 2 heterocycles. The van der Waals surface area contributed by atoms with Crippen LogP contribution in [0.25, 0.3) is 0 Å². The first-order valence-corrected chi connectivity index (χ1v) is 8.13. The quantitative estimate of drug-likeness (QED) is 0.556. The molecule has 0 atom stereocenters. The topological polar surface area (TPSA) is 90.1 Å². The third kappa shape index (κ3) is 3.89. The molecule has 3 rings (SSSR count). The molecule has 0 saturated carbocycles. The Labute approximate surface area is 145 Å². The summed E-state index contributed by atoms with van der Waals surface area (Å²) in [5.74, 6) is -1.14. The SMILES string of the molecule is Cc1ccc(F)c(NC(=O)c2cc(Cn3ccc([N+](=O)[O-])n3)cs2)c1. The number of nitrogens with zero attached hydrogens (tertiary/aromatic N) is 3. The average Bonchev–Trinajstić information content (AvgIpc) is 3.21. The van der Waals surface area contributed by atoms with Crippen molar-refractivity contribution in [3.05, 3.63) is 73.8 Å². The summed E-state index contributed by atoms with van der Waals surface area (Å²) < 4.78 is 15.1. The summed E-state index contributed by atoms with van der Waals surface area (Å²) in [5, 5.41) is 18.8. The molecule has 0 unspecified atom stereocenters. The average molecular weight is 360 g/mol. The monoisotopic (exact) mass is 360 g/mol. The Balaban J connectivity index is 1.70. The van der Waals surface area contributed by atoms with Crippen LogP contribution in [0.2, 0.25) is 0 Å². The van der Waals surface area contributed by atoms with Crippen LogP contribution in [0.4, 0.5) is 15.9 Å². The van der Waals surface area contributed by atoms with E-state index < -0.39 is 16.6 Å². The van der Waals surface area contributed by atoms with E-state index in [4.69, 9.17) is 0 Å². The Morgan fingerprint density at radius 2 is 2.20 bits per heavy atom. The van der Waals surface area contributed by atoms with E-state index in [9.17, 15) is 19.3 Å². The molecule has 128 valence electrons. The predicted molar refractivity (Wildman–Crippen MR) is 91.4 cm³/mol. The van der Waals surface area contributed by atoms with Crippen LogP contribution in [0, 0.1) is 22.9 Å². The number of nitrogens with one attached hydrogen (secondary N) is 1. The number of hydrogen-bond acceptors (Lipinski definition) is 5. The number of anilines is 1. The Hall–Kier alpha value is -3.07. The van der Waals surface area contributed by atoms with Crippen molar-refractivity contribution in [1.82, 2.24) is 9.78 Å². The van der Waals surface area contributed by atoms with Crippen molar-refractivity contribution in [2.24, 2.45) is 0 Å². The van der Waals surface area contributed by atoms with Crippen molar-refractivity contribution >= 4 is 28.7 Å². The minimum Gasteiger partial charge on any atom is -0.358 e. The fourth-order valence-corrected chi connectivity index (χ4v) is 3.02. The zero-order chi connectivity index (χ0) is 18.0. The lowest BCUT2D eigenvalue weighted by atomic mass is 10.2. The number of nitro groups is 1. The lowest BCUT2D eigenvalue weighted by Gasteiger charge is -2.05. The first kappa shape index (κ1) is 16.8. The van der Waals surface area contributed by atoms with E-state index in [0.29, 0.717) is 11.4 Å². The highest BCUT2D eigenvalue weighted by Gasteiger charge is 2.15. The van der Waals surface area contributed by atoms with Gasteiger partial charge in [-0.2, -0.15) is 4.68 Å². The second-order valence-electron chi connectivity index (χ2n) is 5.39. The van der Waals surface area contributed by atoms with E-state index in [1.54, 1.807) is 23.6 Å². The first-order valence-electron chi connectivity index (χ1n) is 7.25. The van der Waals surface area contributed by atoms with E-state index in [1.807, 2.05) is 6.92 Å². The molecule has 0 saturated heterocycles. The van der Waals surface area contributed by atoms with Crippen LogP contribution in [0.3, 0.4) is 0 Å². The molecule has 25 heavy (non-hydrogen) atoms. The van der Waals surface area contributed by atoms with Gasteiger partial charge >= 0.3 is 5.82 Å². The van der Waals surface area contributed by atoms with Crippen LogP contribution in [-0.2, 0) is 6.54 Å².